The molecule has 2 aromatic carbocycles. The zero-order chi connectivity index (χ0) is 26.2. The van der Waals surface area contributed by atoms with E-state index in [9.17, 15) is 19.2 Å². The molecule has 0 amide bonds. The summed E-state index contributed by atoms with van der Waals surface area (Å²) >= 11 is 0. The number of Topliss-reactive ketones (excluding diaryl/α,β-unsaturated/α-hetero) is 1. The van der Waals surface area contributed by atoms with E-state index in [0.29, 0.717) is 54.7 Å². The number of carboxylic acids is 1. The van der Waals surface area contributed by atoms with Crippen LogP contribution in [0, 0.1) is 34.4 Å². The molecule has 0 radical (unpaired) electrons. The van der Waals surface area contributed by atoms with Crippen molar-refractivity contribution in [2.45, 2.75) is 45.6 Å². The van der Waals surface area contributed by atoms with E-state index in [0.717, 1.165) is 11.6 Å². The van der Waals surface area contributed by atoms with Crippen molar-refractivity contribution in [2.24, 2.45) is 13.0 Å². The summed E-state index contributed by atoms with van der Waals surface area (Å²) < 4.78 is 22.3. The second kappa shape index (κ2) is 12.1. The number of hydrogen-bond acceptors (Lipinski definition) is 5. The number of ether oxygens (including phenoxy) is 1. The van der Waals surface area contributed by atoms with Crippen LogP contribution in [-0.4, -0.2) is 28.0 Å². The predicted octanol–water partition coefficient (Wildman–Crippen LogP) is 5.28. The van der Waals surface area contributed by atoms with Gasteiger partial charge in [-0.15, -0.1) is 0 Å². The van der Waals surface area contributed by atoms with Crippen molar-refractivity contribution < 1.29 is 23.8 Å². The maximum absolute atomic E-state index is 14.9. The van der Waals surface area contributed by atoms with E-state index in [2.05, 4.69) is 6.07 Å². The highest BCUT2D eigenvalue weighted by atomic mass is 19.1. The first kappa shape index (κ1) is 26.6. The van der Waals surface area contributed by atoms with Crippen LogP contribution in [0.5, 0.6) is 0 Å². The first-order valence-electron chi connectivity index (χ1n) is 11.8. The van der Waals surface area contributed by atoms with E-state index >= 15 is 0 Å². The number of ketones is 1. The molecule has 36 heavy (non-hydrogen) atoms. The SMILES string of the molecule is CC(CC(=O)O)CC(=O)c1c(CCCCOCc2cccc(C#N)c2)n(C)c2c(F)cc(C#N)cc12. The Morgan fingerprint density at radius 3 is 2.56 bits per heavy atom. The maximum atomic E-state index is 14.9. The molecule has 0 fully saturated rings. The normalized spacial score (nSPS) is 11.7. The lowest BCUT2D eigenvalue weighted by atomic mass is 9.94. The Bertz CT molecular complexity index is 1360. The highest BCUT2D eigenvalue weighted by Gasteiger charge is 2.25. The van der Waals surface area contributed by atoms with Crippen LogP contribution in [0.4, 0.5) is 4.39 Å². The highest BCUT2D eigenvalue weighted by molar-refractivity contribution is 6.10. The molecule has 3 rings (SSSR count). The molecular formula is C28H28FN3O4. The van der Waals surface area contributed by atoms with Crippen molar-refractivity contribution in [2.75, 3.05) is 6.61 Å². The largest absolute Gasteiger partial charge is 0.481 e. The summed E-state index contributed by atoms with van der Waals surface area (Å²) in [5.74, 6) is -2.19. The van der Waals surface area contributed by atoms with Gasteiger partial charge in [-0.25, -0.2) is 4.39 Å². The second-order valence-electron chi connectivity index (χ2n) is 9.00. The van der Waals surface area contributed by atoms with Gasteiger partial charge in [0, 0.05) is 43.1 Å². The van der Waals surface area contributed by atoms with Crippen molar-refractivity contribution in [3.8, 4) is 12.1 Å². The fourth-order valence-corrected chi connectivity index (χ4v) is 4.46. The Balaban J connectivity index is 1.75. The lowest BCUT2D eigenvalue weighted by molar-refractivity contribution is -0.137. The molecule has 0 aliphatic heterocycles. The molecular weight excluding hydrogens is 461 g/mol. The molecule has 0 aliphatic rings. The lowest BCUT2D eigenvalue weighted by Gasteiger charge is -2.11. The zero-order valence-electron chi connectivity index (χ0n) is 20.4. The van der Waals surface area contributed by atoms with E-state index < -0.39 is 11.8 Å². The quantitative estimate of drug-likeness (QED) is 0.273. The summed E-state index contributed by atoms with van der Waals surface area (Å²) in [5.41, 5.74) is 2.89. The van der Waals surface area contributed by atoms with Gasteiger partial charge < -0.3 is 14.4 Å². The van der Waals surface area contributed by atoms with E-state index in [1.54, 1.807) is 30.7 Å². The van der Waals surface area contributed by atoms with E-state index in [4.69, 9.17) is 15.1 Å². The minimum absolute atomic E-state index is 0.0156. The molecule has 1 aromatic heterocycles. The van der Waals surface area contributed by atoms with E-state index in [1.165, 1.54) is 6.07 Å². The van der Waals surface area contributed by atoms with Gasteiger partial charge in [-0.3, -0.25) is 9.59 Å². The topological polar surface area (TPSA) is 116 Å². The number of carboxylic acid groups (broad SMARTS) is 1. The first-order chi connectivity index (χ1) is 17.2. The Hall–Kier alpha value is -4.01. The number of halogens is 1. The molecule has 186 valence electrons. The van der Waals surface area contributed by atoms with E-state index in [1.807, 2.05) is 18.2 Å². The number of unbranched alkanes of at least 4 members (excludes halogenated alkanes) is 1. The molecule has 1 heterocycles. The molecule has 7 nitrogen and oxygen atoms in total. The minimum atomic E-state index is -0.981. The van der Waals surface area contributed by atoms with Gasteiger partial charge in [-0.2, -0.15) is 10.5 Å². The standard InChI is InChI=1S/C28H28FN3O4/c1-18(11-26(34)35)10-25(33)27-22-13-21(16-31)14-23(29)28(22)32(2)24(27)8-3-4-9-36-17-20-7-5-6-19(12-20)15-30/h5-7,12-14,18H,3-4,8-11,17H2,1-2H3,(H,34,35). The minimum Gasteiger partial charge on any atom is -0.481 e. The smallest absolute Gasteiger partial charge is 0.303 e. The fraction of sp³-hybridized carbons (Fsp3) is 0.357. The fourth-order valence-electron chi connectivity index (χ4n) is 4.46. The Morgan fingerprint density at radius 1 is 1.11 bits per heavy atom. The summed E-state index contributed by atoms with van der Waals surface area (Å²) in [6.45, 7) is 2.56. The molecule has 3 aromatic rings. The van der Waals surface area contributed by atoms with Gasteiger partial charge in [0.15, 0.2) is 5.78 Å². The number of fused-ring (bicyclic) bond motifs is 1. The van der Waals surface area contributed by atoms with Crippen molar-refractivity contribution in [1.82, 2.24) is 4.57 Å². The Labute approximate surface area is 209 Å². The van der Waals surface area contributed by atoms with Gasteiger partial charge in [0.05, 0.1) is 35.4 Å². The summed E-state index contributed by atoms with van der Waals surface area (Å²) in [6, 6.07) is 13.9. The molecule has 1 N–H and O–H groups in total. The number of rotatable bonds is 12. The van der Waals surface area contributed by atoms with Crippen LogP contribution in [0.3, 0.4) is 0 Å². The zero-order valence-corrected chi connectivity index (χ0v) is 20.4. The first-order valence-corrected chi connectivity index (χ1v) is 11.8. The van der Waals surface area contributed by atoms with Crippen molar-refractivity contribution in [1.29, 1.82) is 10.5 Å². The number of nitrogens with zero attached hydrogens (tertiary/aromatic N) is 3. The van der Waals surface area contributed by atoms with Crippen molar-refractivity contribution in [3.05, 3.63) is 70.2 Å². The van der Waals surface area contributed by atoms with Crippen LogP contribution >= 0.6 is 0 Å². The Morgan fingerprint density at radius 2 is 1.86 bits per heavy atom. The average molecular weight is 490 g/mol. The maximum Gasteiger partial charge on any atom is 0.303 e. The molecule has 1 atom stereocenters. The number of aliphatic carboxylic acids is 1. The molecule has 0 spiro atoms. The molecule has 0 saturated heterocycles. The summed E-state index contributed by atoms with van der Waals surface area (Å²) in [7, 11) is 1.70. The third-order valence-corrected chi connectivity index (χ3v) is 6.10. The summed E-state index contributed by atoms with van der Waals surface area (Å²) in [4.78, 5) is 24.3. The van der Waals surface area contributed by atoms with Crippen LogP contribution in [0.2, 0.25) is 0 Å². The summed E-state index contributed by atoms with van der Waals surface area (Å²) in [6.07, 6.45) is 1.75. The molecule has 0 saturated carbocycles. The molecule has 0 aliphatic carbocycles. The van der Waals surface area contributed by atoms with Gasteiger partial charge in [0.25, 0.3) is 0 Å². The molecule has 0 bridgehead atoms. The van der Waals surface area contributed by atoms with Crippen LogP contribution in [0.1, 0.15) is 65.3 Å². The average Bonchev–Trinajstić information content (AvgIpc) is 3.12. The number of aryl methyl sites for hydroxylation is 1. The lowest BCUT2D eigenvalue weighted by Crippen LogP contribution is -2.12. The van der Waals surface area contributed by atoms with Crippen LogP contribution in [0.15, 0.2) is 36.4 Å². The van der Waals surface area contributed by atoms with Gasteiger partial charge in [0.1, 0.15) is 5.82 Å². The van der Waals surface area contributed by atoms with Crippen LogP contribution < -0.4 is 0 Å². The number of carbonyl (C=O) groups is 2. The van der Waals surface area contributed by atoms with Gasteiger partial charge in [0.2, 0.25) is 0 Å². The van der Waals surface area contributed by atoms with Crippen molar-refractivity contribution in [3.63, 3.8) is 0 Å². The van der Waals surface area contributed by atoms with E-state index in [-0.39, 0.29) is 35.6 Å². The second-order valence-corrected chi connectivity index (χ2v) is 9.00. The van der Waals surface area contributed by atoms with Gasteiger partial charge in [-0.05, 0) is 55.0 Å². The highest BCUT2D eigenvalue weighted by Crippen LogP contribution is 2.32. The van der Waals surface area contributed by atoms with Crippen LogP contribution in [-0.2, 0) is 29.6 Å². The van der Waals surface area contributed by atoms with Gasteiger partial charge >= 0.3 is 5.97 Å². The van der Waals surface area contributed by atoms with Crippen molar-refractivity contribution >= 4 is 22.7 Å². The van der Waals surface area contributed by atoms with Crippen LogP contribution in [0.25, 0.3) is 10.9 Å². The van der Waals surface area contributed by atoms with Gasteiger partial charge in [-0.1, -0.05) is 19.1 Å². The monoisotopic (exact) mass is 489 g/mol. The number of benzene rings is 2. The number of aromatic nitrogens is 1. The Kier molecular flexibility index (Phi) is 8.94. The number of nitriles is 2. The number of hydrogen-bond donors (Lipinski definition) is 1. The molecule has 1 unspecified atom stereocenters. The summed E-state index contributed by atoms with van der Waals surface area (Å²) in [5, 5.41) is 27.7. The molecule has 8 heteroatoms. The third-order valence-electron chi connectivity index (χ3n) is 6.10. The predicted molar refractivity (Wildman–Crippen MR) is 132 cm³/mol. The number of carbonyl (C=O) groups excluding carboxylic acids is 1. The third kappa shape index (κ3) is 6.35.